The Labute approximate surface area is 110 Å². The molecule has 6 heteroatoms. The highest BCUT2D eigenvalue weighted by molar-refractivity contribution is 5.95. The number of rotatable bonds is 4. The Morgan fingerprint density at radius 1 is 1.47 bits per heavy atom. The van der Waals surface area contributed by atoms with Crippen molar-refractivity contribution in [3.63, 3.8) is 0 Å². The molecule has 0 saturated carbocycles. The summed E-state index contributed by atoms with van der Waals surface area (Å²) in [6.45, 7) is 1.98. The van der Waals surface area contributed by atoms with Crippen molar-refractivity contribution in [2.45, 2.75) is 25.3 Å². The lowest BCUT2D eigenvalue weighted by Gasteiger charge is -2.22. The number of nitrogens with one attached hydrogen (secondary N) is 1. The lowest BCUT2D eigenvalue weighted by Crippen LogP contribution is -2.29. The number of hydrogen-bond donors (Lipinski definition) is 1. The molecule has 3 rings (SSSR count). The first-order chi connectivity index (χ1) is 9.33. The smallest absolute Gasteiger partial charge is 0.189 e. The molecule has 0 aliphatic carbocycles. The summed E-state index contributed by atoms with van der Waals surface area (Å²) in [4.78, 5) is 12.0. The average Bonchev–Trinajstić information content (AvgIpc) is 3.10. The second kappa shape index (κ2) is 5.36. The average molecular weight is 260 g/mol. The van der Waals surface area contributed by atoms with E-state index in [2.05, 4.69) is 15.6 Å². The summed E-state index contributed by atoms with van der Waals surface area (Å²) in [7, 11) is 0. The third-order valence-corrected chi connectivity index (χ3v) is 3.42. The molecule has 1 aliphatic rings. The van der Waals surface area contributed by atoms with Gasteiger partial charge in [0.05, 0.1) is 24.8 Å². The number of ketones is 1. The Balaban J connectivity index is 1.68. The topological polar surface area (TPSA) is 73.0 Å². The highest BCUT2D eigenvalue weighted by Gasteiger charge is 2.18. The molecule has 19 heavy (non-hydrogen) atoms. The Morgan fingerprint density at radius 3 is 3.05 bits per heavy atom. The van der Waals surface area contributed by atoms with Gasteiger partial charge in [0.25, 0.3) is 0 Å². The number of nitrogens with zero attached hydrogens (tertiary/aromatic N) is 3. The third-order valence-electron chi connectivity index (χ3n) is 3.42. The summed E-state index contributed by atoms with van der Waals surface area (Å²) >= 11 is 0. The van der Waals surface area contributed by atoms with Crippen LogP contribution in [0.2, 0.25) is 0 Å². The van der Waals surface area contributed by atoms with Crippen LogP contribution in [0.25, 0.3) is 0 Å². The molecule has 6 nitrogen and oxygen atoms in total. The van der Waals surface area contributed by atoms with Gasteiger partial charge in [-0.2, -0.15) is 0 Å². The number of piperidine rings is 1. The predicted molar refractivity (Wildman–Crippen MR) is 67.9 cm³/mol. The van der Waals surface area contributed by atoms with Crippen LogP contribution >= 0.6 is 0 Å². The molecule has 0 aromatic carbocycles. The van der Waals surface area contributed by atoms with Crippen molar-refractivity contribution in [3.8, 4) is 0 Å². The van der Waals surface area contributed by atoms with Crippen molar-refractivity contribution in [1.29, 1.82) is 0 Å². The van der Waals surface area contributed by atoms with Gasteiger partial charge in [-0.3, -0.25) is 4.79 Å². The molecule has 1 N–H and O–H groups in total. The van der Waals surface area contributed by atoms with Gasteiger partial charge in [-0.15, -0.1) is 5.10 Å². The van der Waals surface area contributed by atoms with E-state index < -0.39 is 0 Å². The monoisotopic (exact) mass is 260 g/mol. The van der Waals surface area contributed by atoms with Gasteiger partial charge in [0.1, 0.15) is 5.69 Å². The molecule has 0 radical (unpaired) electrons. The Bertz CT molecular complexity index is 541. The maximum atomic E-state index is 12.0. The summed E-state index contributed by atoms with van der Waals surface area (Å²) in [5.74, 6) is -0.0263. The number of hydrogen-bond acceptors (Lipinski definition) is 5. The SMILES string of the molecule is O=C(Cc1ccoc1)c1cn(C2CCNCC2)nn1. The summed E-state index contributed by atoms with van der Waals surface area (Å²) in [6.07, 6.45) is 7.26. The lowest BCUT2D eigenvalue weighted by molar-refractivity contribution is 0.0988. The normalized spacial score (nSPS) is 16.6. The third kappa shape index (κ3) is 2.73. The van der Waals surface area contributed by atoms with Crippen LogP contribution in [0.5, 0.6) is 0 Å². The second-order valence-electron chi connectivity index (χ2n) is 4.80. The first kappa shape index (κ1) is 12.1. The maximum absolute atomic E-state index is 12.0. The van der Waals surface area contributed by atoms with Crippen LogP contribution < -0.4 is 5.32 Å². The molecule has 0 unspecified atom stereocenters. The fraction of sp³-hybridized carbons (Fsp3) is 0.462. The fourth-order valence-corrected chi connectivity index (χ4v) is 2.32. The van der Waals surface area contributed by atoms with E-state index in [4.69, 9.17) is 4.42 Å². The van der Waals surface area contributed by atoms with Crippen molar-refractivity contribution in [1.82, 2.24) is 20.3 Å². The van der Waals surface area contributed by atoms with Crippen LogP contribution in [-0.2, 0) is 6.42 Å². The molecule has 0 spiro atoms. The molecule has 1 saturated heterocycles. The molecule has 1 aliphatic heterocycles. The quantitative estimate of drug-likeness (QED) is 0.837. The van der Waals surface area contributed by atoms with Crippen molar-refractivity contribution in [2.75, 3.05) is 13.1 Å². The predicted octanol–water partition coefficient (Wildman–Crippen LogP) is 1.22. The minimum absolute atomic E-state index is 0.0263. The minimum Gasteiger partial charge on any atom is -0.472 e. The standard InChI is InChI=1S/C13H16N4O2/c18-13(7-10-3-6-19-9-10)12-8-17(16-15-12)11-1-4-14-5-2-11/h3,6,8-9,11,14H,1-2,4-5,7H2. The first-order valence-corrected chi connectivity index (χ1v) is 6.50. The summed E-state index contributed by atoms with van der Waals surface area (Å²) in [6, 6.07) is 2.14. The van der Waals surface area contributed by atoms with E-state index >= 15 is 0 Å². The zero-order valence-electron chi connectivity index (χ0n) is 10.6. The number of Topliss-reactive ketones (excluding diaryl/α,β-unsaturated/α-hetero) is 1. The van der Waals surface area contributed by atoms with Crippen LogP contribution in [0, 0.1) is 0 Å². The molecular weight excluding hydrogens is 244 g/mol. The fourth-order valence-electron chi connectivity index (χ4n) is 2.32. The van der Waals surface area contributed by atoms with Gasteiger partial charge in [-0.25, -0.2) is 4.68 Å². The summed E-state index contributed by atoms with van der Waals surface area (Å²) in [5.41, 5.74) is 1.29. The highest BCUT2D eigenvalue weighted by Crippen LogP contribution is 2.17. The van der Waals surface area contributed by atoms with Crippen LogP contribution in [0.1, 0.15) is 34.9 Å². The van der Waals surface area contributed by atoms with E-state index in [1.54, 1.807) is 24.8 Å². The van der Waals surface area contributed by atoms with Gasteiger partial charge < -0.3 is 9.73 Å². The maximum Gasteiger partial charge on any atom is 0.189 e. The molecule has 3 heterocycles. The first-order valence-electron chi connectivity index (χ1n) is 6.50. The van der Waals surface area contributed by atoms with Gasteiger partial charge in [-0.05, 0) is 37.6 Å². The van der Waals surface area contributed by atoms with Crippen LogP contribution in [0.4, 0.5) is 0 Å². The molecule has 0 bridgehead atoms. The van der Waals surface area contributed by atoms with E-state index in [9.17, 15) is 4.79 Å². The van der Waals surface area contributed by atoms with Crippen LogP contribution in [0.15, 0.2) is 29.2 Å². The largest absolute Gasteiger partial charge is 0.472 e. The van der Waals surface area contributed by atoms with E-state index in [0.29, 0.717) is 18.2 Å². The second-order valence-corrected chi connectivity index (χ2v) is 4.80. The van der Waals surface area contributed by atoms with E-state index in [1.165, 1.54) is 0 Å². The van der Waals surface area contributed by atoms with Crippen molar-refractivity contribution in [3.05, 3.63) is 36.0 Å². The minimum atomic E-state index is -0.0263. The van der Waals surface area contributed by atoms with Gasteiger partial charge in [0.2, 0.25) is 0 Å². The lowest BCUT2D eigenvalue weighted by atomic mass is 10.1. The van der Waals surface area contributed by atoms with E-state index in [1.807, 2.05) is 4.68 Å². The zero-order valence-corrected chi connectivity index (χ0v) is 10.6. The molecular formula is C13H16N4O2. The van der Waals surface area contributed by atoms with Crippen molar-refractivity contribution >= 4 is 5.78 Å². The van der Waals surface area contributed by atoms with E-state index in [-0.39, 0.29) is 5.78 Å². The van der Waals surface area contributed by atoms with Crippen LogP contribution in [0.3, 0.4) is 0 Å². The van der Waals surface area contributed by atoms with Crippen molar-refractivity contribution in [2.24, 2.45) is 0 Å². The Morgan fingerprint density at radius 2 is 2.32 bits per heavy atom. The molecule has 1 fully saturated rings. The summed E-state index contributed by atoms with van der Waals surface area (Å²) in [5, 5.41) is 11.4. The molecule has 0 amide bonds. The number of aromatic nitrogens is 3. The van der Waals surface area contributed by atoms with Gasteiger partial charge in [0, 0.05) is 6.42 Å². The van der Waals surface area contributed by atoms with Gasteiger partial charge >= 0.3 is 0 Å². The zero-order chi connectivity index (χ0) is 13.1. The molecule has 100 valence electrons. The van der Waals surface area contributed by atoms with Crippen LogP contribution in [-0.4, -0.2) is 33.9 Å². The number of carbonyl (C=O) groups excluding carboxylic acids is 1. The molecule has 0 atom stereocenters. The highest BCUT2D eigenvalue weighted by atomic mass is 16.3. The Hall–Kier alpha value is -1.95. The van der Waals surface area contributed by atoms with Gasteiger partial charge in [-0.1, -0.05) is 5.21 Å². The Kier molecular flexibility index (Phi) is 3.41. The van der Waals surface area contributed by atoms with Crippen molar-refractivity contribution < 1.29 is 9.21 Å². The van der Waals surface area contributed by atoms with E-state index in [0.717, 1.165) is 31.5 Å². The number of carbonyl (C=O) groups is 1. The number of furan rings is 1. The molecule has 2 aromatic rings. The summed E-state index contributed by atoms with van der Waals surface area (Å²) < 4.78 is 6.77. The molecule has 2 aromatic heterocycles. The van der Waals surface area contributed by atoms with Gasteiger partial charge in [0.15, 0.2) is 5.78 Å².